The first kappa shape index (κ1) is 18.8. The van der Waals surface area contributed by atoms with E-state index in [1.807, 2.05) is 27.7 Å². The molecular formula is C18H25FN2O2S. The molecule has 1 saturated heterocycles. The molecule has 2 atom stereocenters. The van der Waals surface area contributed by atoms with E-state index in [9.17, 15) is 14.0 Å². The average molecular weight is 352 g/mol. The van der Waals surface area contributed by atoms with Crippen molar-refractivity contribution in [3.8, 4) is 0 Å². The zero-order chi connectivity index (χ0) is 17.9. The third-order valence-corrected chi connectivity index (χ3v) is 5.59. The quantitative estimate of drug-likeness (QED) is 0.789. The molecule has 24 heavy (non-hydrogen) atoms. The molecule has 1 heterocycles. The van der Waals surface area contributed by atoms with E-state index in [-0.39, 0.29) is 34.2 Å². The molecule has 0 saturated carbocycles. The fourth-order valence-corrected chi connectivity index (χ4v) is 4.11. The summed E-state index contributed by atoms with van der Waals surface area (Å²) >= 11 is 1.57. The third-order valence-electron chi connectivity index (χ3n) is 4.20. The van der Waals surface area contributed by atoms with Crippen LogP contribution in [0.1, 0.15) is 38.6 Å². The monoisotopic (exact) mass is 352 g/mol. The number of likely N-dealkylation sites (N-methyl/N-ethyl adjacent to an activating group) is 1. The molecule has 0 spiro atoms. The summed E-state index contributed by atoms with van der Waals surface area (Å²) in [6.45, 7) is 9.23. The first-order valence-corrected chi connectivity index (χ1v) is 9.29. The van der Waals surface area contributed by atoms with Gasteiger partial charge in [0.25, 0.3) is 0 Å². The van der Waals surface area contributed by atoms with E-state index in [0.717, 1.165) is 5.56 Å². The number of nitrogens with zero attached hydrogens (tertiary/aromatic N) is 2. The minimum absolute atomic E-state index is 0.0552. The Hall–Kier alpha value is -1.56. The van der Waals surface area contributed by atoms with Crippen molar-refractivity contribution in [2.75, 3.05) is 19.6 Å². The van der Waals surface area contributed by atoms with Crippen LogP contribution < -0.4 is 0 Å². The molecule has 0 bridgehead atoms. The van der Waals surface area contributed by atoms with Crippen molar-refractivity contribution >= 4 is 23.6 Å². The summed E-state index contributed by atoms with van der Waals surface area (Å²) in [5.41, 5.74) is 0.914. The fourth-order valence-electron chi connectivity index (χ4n) is 2.81. The van der Waals surface area contributed by atoms with Gasteiger partial charge in [-0.25, -0.2) is 4.39 Å². The first-order valence-electron chi connectivity index (χ1n) is 8.35. The molecule has 6 heteroatoms. The van der Waals surface area contributed by atoms with Crippen LogP contribution in [-0.4, -0.2) is 46.5 Å². The van der Waals surface area contributed by atoms with E-state index in [2.05, 4.69) is 0 Å². The Labute approximate surface area is 147 Å². The zero-order valence-corrected chi connectivity index (χ0v) is 15.5. The van der Waals surface area contributed by atoms with E-state index in [1.54, 1.807) is 33.7 Å². The zero-order valence-electron chi connectivity index (χ0n) is 14.7. The van der Waals surface area contributed by atoms with Crippen molar-refractivity contribution in [1.82, 2.24) is 9.80 Å². The van der Waals surface area contributed by atoms with Gasteiger partial charge in [-0.2, -0.15) is 0 Å². The van der Waals surface area contributed by atoms with Crippen molar-refractivity contribution in [3.05, 3.63) is 35.6 Å². The molecule has 1 aromatic carbocycles. The van der Waals surface area contributed by atoms with Gasteiger partial charge in [-0.15, -0.1) is 11.8 Å². The number of carbonyl (C=O) groups is 2. The first-order chi connectivity index (χ1) is 11.3. The number of halogens is 1. The number of amides is 2. The predicted molar refractivity (Wildman–Crippen MR) is 95.0 cm³/mol. The van der Waals surface area contributed by atoms with E-state index in [1.165, 1.54) is 12.1 Å². The second-order valence-electron chi connectivity index (χ2n) is 6.29. The van der Waals surface area contributed by atoms with Gasteiger partial charge in [0.2, 0.25) is 11.8 Å². The van der Waals surface area contributed by atoms with Crippen molar-refractivity contribution in [2.24, 2.45) is 5.92 Å². The molecule has 1 aliphatic heterocycles. The number of hydrogen-bond donors (Lipinski definition) is 0. The molecule has 132 valence electrons. The van der Waals surface area contributed by atoms with E-state index >= 15 is 0 Å². The van der Waals surface area contributed by atoms with E-state index < -0.39 is 0 Å². The highest BCUT2D eigenvalue weighted by Crippen LogP contribution is 2.42. The fraction of sp³-hybridized carbons (Fsp3) is 0.556. The van der Waals surface area contributed by atoms with Crippen LogP contribution in [0.25, 0.3) is 0 Å². The summed E-state index contributed by atoms with van der Waals surface area (Å²) < 4.78 is 13.2. The number of benzene rings is 1. The summed E-state index contributed by atoms with van der Waals surface area (Å²) in [5.74, 6) is -0.168. The topological polar surface area (TPSA) is 40.6 Å². The highest BCUT2D eigenvalue weighted by molar-refractivity contribution is 8.01. The lowest BCUT2D eigenvalue weighted by Crippen LogP contribution is -2.42. The molecule has 0 radical (unpaired) electrons. The summed E-state index contributed by atoms with van der Waals surface area (Å²) in [5, 5.41) is -0.253. The Kier molecular flexibility index (Phi) is 6.27. The van der Waals surface area contributed by atoms with Crippen LogP contribution in [0.2, 0.25) is 0 Å². The maximum absolute atomic E-state index is 13.2. The predicted octanol–water partition coefficient (Wildman–Crippen LogP) is 3.29. The lowest BCUT2D eigenvalue weighted by molar-refractivity contribution is -0.136. The summed E-state index contributed by atoms with van der Waals surface area (Å²) in [6.07, 6.45) is 0. The number of rotatable bonds is 6. The van der Waals surface area contributed by atoms with Crippen molar-refractivity contribution in [1.29, 1.82) is 0 Å². The minimum Gasteiger partial charge on any atom is -0.341 e. The molecule has 0 aromatic heterocycles. The van der Waals surface area contributed by atoms with Gasteiger partial charge in [0.05, 0.1) is 5.25 Å². The van der Waals surface area contributed by atoms with Crippen LogP contribution in [0, 0.1) is 11.7 Å². The highest BCUT2D eigenvalue weighted by Gasteiger charge is 2.38. The number of hydrogen-bond acceptors (Lipinski definition) is 3. The molecule has 0 unspecified atom stereocenters. The molecule has 4 nitrogen and oxygen atoms in total. The van der Waals surface area contributed by atoms with Gasteiger partial charge in [-0.05, 0) is 31.5 Å². The summed E-state index contributed by atoms with van der Waals surface area (Å²) in [6, 6.07) is 6.29. The Bertz CT molecular complexity index is 591. The molecular weight excluding hydrogens is 327 g/mol. The smallest absolute Gasteiger partial charge is 0.236 e. The standard InChI is InChI=1S/C18H25FN2O2S/c1-5-20(16(22)12(2)3)10-11-21-17(23)13(4)24-18(21)14-6-8-15(19)9-7-14/h6-9,12-13,18H,5,10-11H2,1-4H3/t13-,18-/m1/s1. The normalized spacial score (nSPS) is 20.8. The Morgan fingerprint density at radius 2 is 1.96 bits per heavy atom. The largest absolute Gasteiger partial charge is 0.341 e. The molecule has 1 aliphatic rings. The van der Waals surface area contributed by atoms with Crippen molar-refractivity contribution in [2.45, 2.75) is 38.3 Å². The Morgan fingerprint density at radius 3 is 2.50 bits per heavy atom. The second-order valence-corrected chi connectivity index (χ2v) is 7.71. The van der Waals surface area contributed by atoms with Gasteiger partial charge in [0.1, 0.15) is 11.2 Å². The van der Waals surface area contributed by atoms with Gasteiger partial charge in [0.15, 0.2) is 0 Å². The van der Waals surface area contributed by atoms with Crippen LogP contribution in [0.4, 0.5) is 4.39 Å². The molecule has 0 N–H and O–H groups in total. The SMILES string of the molecule is CCN(CCN1C(=O)[C@@H](C)S[C@@H]1c1ccc(F)cc1)C(=O)C(C)C. The van der Waals surface area contributed by atoms with Crippen molar-refractivity contribution in [3.63, 3.8) is 0 Å². The second kappa shape index (κ2) is 8.01. The van der Waals surface area contributed by atoms with Crippen LogP contribution in [0.5, 0.6) is 0 Å². The summed E-state index contributed by atoms with van der Waals surface area (Å²) in [7, 11) is 0. The number of thioether (sulfide) groups is 1. The number of carbonyl (C=O) groups excluding carboxylic acids is 2. The lowest BCUT2D eigenvalue weighted by Gasteiger charge is -2.29. The Balaban J connectivity index is 2.11. The van der Waals surface area contributed by atoms with Crippen molar-refractivity contribution < 1.29 is 14.0 Å². The maximum Gasteiger partial charge on any atom is 0.236 e. The maximum atomic E-state index is 13.2. The van der Waals surface area contributed by atoms with Gasteiger partial charge in [-0.1, -0.05) is 26.0 Å². The van der Waals surface area contributed by atoms with Gasteiger partial charge >= 0.3 is 0 Å². The highest BCUT2D eigenvalue weighted by atomic mass is 32.2. The third kappa shape index (κ3) is 4.09. The Morgan fingerprint density at radius 1 is 1.33 bits per heavy atom. The summed E-state index contributed by atoms with van der Waals surface area (Å²) in [4.78, 5) is 28.3. The molecule has 2 amide bonds. The average Bonchev–Trinajstić information content (AvgIpc) is 2.84. The van der Waals surface area contributed by atoms with Crippen LogP contribution in [-0.2, 0) is 9.59 Å². The lowest BCUT2D eigenvalue weighted by atomic mass is 10.2. The molecule has 0 aliphatic carbocycles. The van der Waals surface area contributed by atoms with Gasteiger partial charge in [0, 0.05) is 25.6 Å². The van der Waals surface area contributed by atoms with Crippen LogP contribution >= 0.6 is 11.8 Å². The molecule has 1 fully saturated rings. The van der Waals surface area contributed by atoms with E-state index in [4.69, 9.17) is 0 Å². The van der Waals surface area contributed by atoms with Crippen LogP contribution in [0.15, 0.2) is 24.3 Å². The minimum atomic E-state index is -0.285. The van der Waals surface area contributed by atoms with Gasteiger partial charge < -0.3 is 9.80 Å². The van der Waals surface area contributed by atoms with Crippen LogP contribution in [0.3, 0.4) is 0 Å². The van der Waals surface area contributed by atoms with E-state index in [0.29, 0.717) is 19.6 Å². The molecule has 2 rings (SSSR count). The molecule has 1 aromatic rings. The van der Waals surface area contributed by atoms with Gasteiger partial charge in [-0.3, -0.25) is 9.59 Å².